The molecule has 1 atom stereocenters. The molecule has 1 aromatic rings. The van der Waals surface area contributed by atoms with Crippen LogP contribution < -0.4 is 5.32 Å². The van der Waals surface area contributed by atoms with Crippen molar-refractivity contribution in [3.63, 3.8) is 0 Å². The predicted octanol–water partition coefficient (Wildman–Crippen LogP) is 1.80. The van der Waals surface area contributed by atoms with Gasteiger partial charge in [-0.15, -0.1) is 0 Å². The normalized spacial score (nSPS) is 20.2. The van der Waals surface area contributed by atoms with E-state index in [1.807, 2.05) is 18.2 Å². The Balaban J connectivity index is 2.24. The van der Waals surface area contributed by atoms with Crippen LogP contribution in [-0.4, -0.2) is 11.8 Å². The molecule has 0 saturated carbocycles. The highest BCUT2D eigenvalue weighted by molar-refractivity contribution is 5.85. The van der Waals surface area contributed by atoms with E-state index in [0.29, 0.717) is 0 Å². The van der Waals surface area contributed by atoms with Gasteiger partial charge in [0.05, 0.1) is 6.04 Å². The lowest BCUT2D eigenvalue weighted by molar-refractivity contribution is -0.117. The van der Waals surface area contributed by atoms with E-state index >= 15 is 0 Å². The number of benzene rings is 1. The predicted molar refractivity (Wildman–Crippen MR) is 51.7 cm³/mol. The molecule has 67 valence electrons. The molecular weight excluding hydrogens is 162 g/mol. The number of rotatable bonds is 1. The van der Waals surface area contributed by atoms with Crippen molar-refractivity contribution in [2.75, 3.05) is 5.32 Å². The molecule has 0 spiro atoms. The zero-order valence-electron chi connectivity index (χ0n) is 7.63. The number of hydrogen-bond acceptors (Lipinski definition) is 2. The molecule has 0 bridgehead atoms. The molecule has 1 heterocycles. The second kappa shape index (κ2) is 3.21. The van der Waals surface area contributed by atoms with Crippen molar-refractivity contribution < 1.29 is 4.79 Å². The molecule has 1 aromatic carbocycles. The van der Waals surface area contributed by atoms with Gasteiger partial charge in [-0.2, -0.15) is 0 Å². The lowest BCUT2D eigenvalue weighted by atomic mass is 9.96. The summed E-state index contributed by atoms with van der Waals surface area (Å²) in [5.74, 6) is 0.217. The van der Waals surface area contributed by atoms with Crippen LogP contribution in [0.4, 0.5) is 5.69 Å². The number of hydrogen-bond donors (Lipinski definition) is 1. The monoisotopic (exact) mass is 174 g/mol. The van der Waals surface area contributed by atoms with E-state index in [0.717, 1.165) is 18.5 Å². The number of carbonyl (C=O) groups excluding carboxylic acids is 1. The maximum absolute atomic E-state index is 11.1. The molecule has 0 fully saturated rings. The van der Waals surface area contributed by atoms with Crippen LogP contribution in [0, 0.1) is 6.07 Å². The van der Waals surface area contributed by atoms with Crippen LogP contribution in [0.3, 0.4) is 0 Å². The van der Waals surface area contributed by atoms with Gasteiger partial charge in [-0.3, -0.25) is 4.79 Å². The summed E-state index contributed by atoms with van der Waals surface area (Å²) in [6, 6.07) is 9.03. The fourth-order valence-electron chi connectivity index (χ4n) is 1.67. The molecule has 2 nitrogen and oxygen atoms in total. The van der Waals surface area contributed by atoms with E-state index in [4.69, 9.17) is 0 Å². The highest BCUT2D eigenvalue weighted by atomic mass is 16.1. The first-order valence-corrected chi connectivity index (χ1v) is 4.54. The molecule has 0 amide bonds. The van der Waals surface area contributed by atoms with Gasteiger partial charge >= 0.3 is 0 Å². The minimum absolute atomic E-state index is 0.00306. The van der Waals surface area contributed by atoms with Gasteiger partial charge in [0.1, 0.15) is 0 Å². The summed E-state index contributed by atoms with van der Waals surface area (Å²) < 4.78 is 0. The molecule has 0 aliphatic carbocycles. The van der Waals surface area contributed by atoms with Crippen LogP contribution >= 0.6 is 0 Å². The number of carbonyl (C=O) groups is 1. The number of anilines is 1. The van der Waals surface area contributed by atoms with Crippen molar-refractivity contribution in [2.45, 2.75) is 25.8 Å². The summed E-state index contributed by atoms with van der Waals surface area (Å²) in [4.78, 5) is 11.1. The van der Waals surface area contributed by atoms with Crippen LogP contribution in [0.5, 0.6) is 0 Å². The Morgan fingerprint density at radius 1 is 1.69 bits per heavy atom. The summed E-state index contributed by atoms with van der Waals surface area (Å²) in [5.41, 5.74) is 2.26. The van der Waals surface area contributed by atoms with Crippen LogP contribution in [0.25, 0.3) is 0 Å². The van der Waals surface area contributed by atoms with Crippen LogP contribution in [-0.2, 0) is 11.2 Å². The Bertz CT molecular complexity index is 333. The number of Topliss-reactive ketones (excluding diaryl/α,β-unsaturated/α-hetero) is 1. The molecule has 1 radical (unpaired) electrons. The van der Waals surface area contributed by atoms with Gasteiger partial charge in [-0.05, 0) is 37.5 Å². The van der Waals surface area contributed by atoms with Crippen molar-refractivity contribution in [1.82, 2.24) is 0 Å². The quantitative estimate of drug-likeness (QED) is 0.703. The summed E-state index contributed by atoms with van der Waals surface area (Å²) in [5, 5.41) is 3.22. The van der Waals surface area contributed by atoms with Gasteiger partial charge < -0.3 is 5.32 Å². The summed E-state index contributed by atoms with van der Waals surface area (Å²) in [6.07, 6.45) is 1.84. The van der Waals surface area contributed by atoms with Crippen LogP contribution in [0.2, 0.25) is 0 Å². The highest BCUT2D eigenvalue weighted by Crippen LogP contribution is 2.23. The molecular formula is C11H12NO. The molecule has 1 N–H and O–H groups in total. The summed E-state index contributed by atoms with van der Waals surface area (Å²) >= 11 is 0. The van der Waals surface area contributed by atoms with Gasteiger partial charge in [0, 0.05) is 5.69 Å². The third-order valence-electron chi connectivity index (χ3n) is 2.45. The highest BCUT2D eigenvalue weighted by Gasteiger charge is 2.20. The number of nitrogens with one attached hydrogen (secondary N) is 1. The van der Waals surface area contributed by atoms with Crippen molar-refractivity contribution in [3.8, 4) is 0 Å². The number of ketones is 1. The molecule has 2 heteroatoms. The van der Waals surface area contributed by atoms with E-state index in [2.05, 4.69) is 11.4 Å². The van der Waals surface area contributed by atoms with E-state index in [1.165, 1.54) is 5.56 Å². The molecule has 1 unspecified atom stereocenters. The minimum Gasteiger partial charge on any atom is -0.375 e. The zero-order chi connectivity index (χ0) is 9.26. The second-order valence-corrected chi connectivity index (χ2v) is 3.41. The van der Waals surface area contributed by atoms with E-state index < -0.39 is 0 Å². The third kappa shape index (κ3) is 1.57. The van der Waals surface area contributed by atoms with Crippen LogP contribution in [0.15, 0.2) is 18.2 Å². The first kappa shape index (κ1) is 8.30. The van der Waals surface area contributed by atoms with Crippen molar-refractivity contribution in [1.29, 1.82) is 0 Å². The summed E-state index contributed by atoms with van der Waals surface area (Å²) in [6.45, 7) is 1.63. The Kier molecular flexibility index (Phi) is 2.05. The Hall–Kier alpha value is -1.31. The smallest absolute Gasteiger partial charge is 0.151 e. The molecule has 13 heavy (non-hydrogen) atoms. The fraction of sp³-hybridized carbons (Fsp3) is 0.364. The maximum atomic E-state index is 11.1. The number of aryl methyl sites for hydroxylation is 1. The Morgan fingerprint density at radius 2 is 2.54 bits per heavy atom. The fourth-order valence-corrected chi connectivity index (χ4v) is 1.67. The minimum atomic E-state index is 0.00306. The van der Waals surface area contributed by atoms with E-state index in [9.17, 15) is 4.79 Å². The van der Waals surface area contributed by atoms with Crippen molar-refractivity contribution in [3.05, 3.63) is 29.8 Å². The maximum Gasteiger partial charge on any atom is 0.151 e. The van der Waals surface area contributed by atoms with Crippen molar-refractivity contribution in [2.24, 2.45) is 0 Å². The van der Waals surface area contributed by atoms with Gasteiger partial charge in [-0.1, -0.05) is 12.1 Å². The number of fused-ring (bicyclic) bond motifs is 1. The van der Waals surface area contributed by atoms with Gasteiger partial charge in [0.15, 0.2) is 5.78 Å². The second-order valence-electron chi connectivity index (χ2n) is 3.41. The molecule has 1 aliphatic heterocycles. The lowest BCUT2D eigenvalue weighted by Gasteiger charge is -2.24. The first-order valence-electron chi connectivity index (χ1n) is 4.54. The molecule has 0 saturated heterocycles. The third-order valence-corrected chi connectivity index (χ3v) is 2.45. The lowest BCUT2D eigenvalue weighted by Crippen LogP contribution is -2.31. The SMILES string of the molecule is CC(=O)C1CCc2[c]cccc2N1. The van der Waals surface area contributed by atoms with Gasteiger partial charge in [-0.25, -0.2) is 0 Å². The average Bonchev–Trinajstić information content (AvgIpc) is 2.17. The Labute approximate surface area is 78.0 Å². The van der Waals surface area contributed by atoms with Crippen molar-refractivity contribution >= 4 is 11.5 Å². The largest absolute Gasteiger partial charge is 0.375 e. The van der Waals surface area contributed by atoms with E-state index in [-0.39, 0.29) is 11.8 Å². The topological polar surface area (TPSA) is 29.1 Å². The standard InChI is InChI=1S/C11H12NO/c1-8(13)10-7-6-9-4-2-3-5-11(9)12-10/h2-3,5,10,12H,6-7H2,1H3. The Morgan fingerprint density at radius 3 is 3.31 bits per heavy atom. The first-order chi connectivity index (χ1) is 6.27. The molecule has 0 aromatic heterocycles. The zero-order valence-corrected chi connectivity index (χ0v) is 7.63. The molecule has 1 aliphatic rings. The van der Waals surface area contributed by atoms with Gasteiger partial charge in [0.25, 0.3) is 0 Å². The van der Waals surface area contributed by atoms with Gasteiger partial charge in [0.2, 0.25) is 0 Å². The average molecular weight is 174 g/mol. The molecule has 2 rings (SSSR count). The van der Waals surface area contributed by atoms with E-state index in [1.54, 1.807) is 6.92 Å². The summed E-state index contributed by atoms with van der Waals surface area (Å²) in [7, 11) is 0. The van der Waals surface area contributed by atoms with Crippen LogP contribution in [0.1, 0.15) is 18.9 Å².